The van der Waals surface area contributed by atoms with Crippen molar-refractivity contribution in [3.63, 3.8) is 0 Å². The Hall–Kier alpha value is -2.08. The van der Waals surface area contributed by atoms with Crippen molar-refractivity contribution in [2.75, 3.05) is 6.54 Å². The Balaban J connectivity index is 1.48. The molecule has 0 bridgehead atoms. The monoisotopic (exact) mass is 300 g/mol. The predicted octanol–water partition coefficient (Wildman–Crippen LogP) is 1.70. The number of hydrogen-bond acceptors (Lipinski definition) is 4. The molecule has 0 spiro atoms. The largest absolute Gasteiger partial charge is 0.467 e. The fourth-order valence-electron chi connectivity index (χ4n) is 3.25. The summed E-state index contributed by atoms with van der Waals surface area (Å²) in [6.07, 6.45) is 7.19. The minimum absolute atomic E-state index is 0.00498. The van der Waals surface area contributed by atoms with Gasteiger partial charge < -0.3 is 9.73 Å². The van der Waals surface area contributed by atoms with Crippen molar-refractivity contribution in [1.82, 2.24) is 20.0 Å². The van der Waals surface area contributed by atoms with Crippen LogP contribution in [0.4, 0.5) is 0 Å². The number of nitrogens with zero attached hydrogens (tertiary/aromatic N) is 3. The lowest BCUT2D eigenvalue weighted by Crippen LogP contribution is -2.50. The van der Waals surface area contributed by atoms with Gasteiger partial charge in [-0.05, 0) is 31.0 Å². The summed E-state index contributed by atoms with van der Waals surface area (Å²) in [6.45, 7) is 2.05. The van der Waals surface area contributed by atoms with Gasteiger partial charge in [0.15, 0.2) is 0 Å². The Morgan fingerprint density at radius 3 is 3.05 bits per heavy atom. The third kappa shape index (κ3) is 2.43. The second kappa shape index (κ2) is 5.61. The third-order valence-electron chi connectivity index (χ3n) is 4.73. The highest BCUT2D eigenvalue weighted by atomic mass is 16.3. The molecule has 1 saturated carbocycles. The maximum atomic E-state index is 12.6. The molecular formula is C16H20N4O2. The van der Waals surface area contributed by atoms with Crippen LogP contribution in [0.2, 0.25) is 0 Å². The first-order valence-corrected chi connectivity index (χ1v) is 7.88. The molecular weight excluding hydrogens is 280 g/mol. The topological polar surface area (TPSA) is 63.3 Å². The molecule has 4 rings (SSSR count). The zero-order valence-corrected chi connectivity index (χ0v) is 12.4. The van der Waals surface area contributed by atoms with Crippen LogP contribution in [-0.2, 0) is 17.9 Å². The molecule has 1 atom stereocenters. The molecule has 6 heteroatoms. The fourth-order valence-corrected chi connectivity index (χ4v) is 3.25. The molecule has 0 saturated heterocycles. The summed E-state index contributed by atoms with van der Waals surface area (Å²) in [5, 5.41) is 7.31. The van der Waals surface area contributed by atoms with Crippen LogP contribution >= 0.6 is 0 Å². The van der Waals surface area contributed by atoms with E-state index in [1.54, 1.807) is 12.5 Å². The number of aromatic nitrogens is 2. The van der Waals surface area contributed by atoms with E-state index in [1.165, 1.54) is 19.3 Å². The standard InChI is InChI=1S/C16H20N4O2/c21-16(17-9-14-5-2-8-22-14)15-11-19(12-3-1-4-12)10-13-6-7-18-20(13)15/h2,5-8,12,15H,1,3-4,9-11H2,(H,17,21)/t15-/m1/s1. The SMILES string of the molecule is O=C(NCc1ccco1)[C@H]1CN(C2CCC2)Cc2ccnn21. The molecule has 0 aromatic carbocycles. The number of fused-ring (bicyclic) bond motifs is 1. The smallest absolute Gasteiger partial charge is 0.246 e. The predicted molar refractivity (Wildman–Crippen MR) is 79.9 cm³/mol. The van der Waals surface area contributed by atoms with Gasteiger partial charge >= 0.3 is 0 Å². The molecule has 2 aromatic heterocycles. The van der Waals surface area contributed by atoms with Crippen molar-refractivity contribution in [1.29, 1.82) is 0 Å². The summed E-state index contributed by atoms with van der Waals surface area (Å²) in [4.78, 5) is 15.0. The summed E-state index contributed by atoms with van der Waals surface area (Å²) < 4.78 is 7.13. The van der Waals surface area contributed by atoms with Crippen molar-refractivity contribution in [2.24, 2.45) is 0 Å². The number of nitrogens with one attached hydrogen (secondary N) is 1. The van der Waals surface area contributed by atoms with Crippen LogP contribution in [0.3, 0.4) is 0 Å². The molecule has 0 unspecified atom stereocenters. The minimum Gasteiger partial charge on any atom is -0.467 e. The highest BCUT2D eigenvalue weighted by Gasteiger charge is 2.35. The minimum atomic E-state index is -0.255. The molecule has 116 valence electrons. The van der Waals surface area contributed by atoms with Gasteiger partial charge in [0.1, 0.15) is 11.8 Å². The van der Waals surface area contributed by atoms with Crippen molar-refractivity contribution in [2.45, 2.75) is 44.4 Å². The Kier molecular flexibility index (Phi) is 3.46. The van der Waals surface area contributed by atoms with Crippen LogP contribution in [0.15, 0.2) is 35.1 Å². The van der Waals surface area contributed by atoms with Crippen LogP contribution in [0.25, 0.3) is 0 Å². The van der Waals surface area contributed by atoms with Crippen LogP contribution in [-0.4, -0.2) is 33.2 Å². The lowest BCUT2D eigenvalue weighted by Gasteiger charge is -2.42. The molecule has 0 radical (unpaired) electrons. The first-order valence-electron chi connectivity index (χ1n) is 7.88. The van der Waals surface area contributed by atoms with Crippen LogP contribution < -0.4 is 5.32 Å². The maximum absolute atomic E-state index is 12.6. The molecule has 1 N–H and O–H groups in total. The van der Waals surface area contributed by atoms with Crippen LogP contribution in [0.5, 0.6) is 0 Å². The number of carbonyl (C=O) groups excluding carboxylic acids is 1. The van der Waals surface area contributed by atoms with Gasteiger partial charge in [-0.25, -0.2) is 0 Å². The van der Waals surface area contributed by atoms with Gasteiger partial charge in [-0.2, -0.15) is 5.10 Å². The normalized spacial score (nSPS) is 22.1. The van der Waals surface area contributed by atoms with Crippen molar-refractivity contribution in [3.8, 4) is 0 Å². The van der Waals surface area contributed by atoms with Gasteiger partial charge in [-0.3, -0.25) is 14.4 Å². The van der Waals surface area contributed by atoms with Gasteiger partial charge in [0.2, 0.25) is 5.91 Å². The molecule has 1 aliphatic carbocycles. The fraction of sp³-hybridized carbons (Fsp3) is 0.500. The average Bonchev–Trinajstić information content (AvgIpc) is 3.13. The summed E-state index contributed by atoms with van der Waals surface area (Å²) in [7, 11) is 0. The summed E-state index contributed by atoms with van der Waals surface area (Å²) in [6, 6.07) is 6.07. The number of furan rings is 1. The van der Waals surface area contributed by atoms with E-state index < -0.39 is 0 Å². The Bertz CT molecular complexity index is 645. The first-order chi connectivity index (χ1) is 10.8. The van der Waals surface area contributed by atoms with Gasteiger partial charge in [-0.1, -0.05) is 6.42 Å². The Morgan fingerprint density at radius 1 is 1.41 bits per heavy atom. The third-order valence-corrected chi connectivity index (χ3v) is 4.73. The second-order valence-corrected chi connectivity index (χ2v) is 6.09. The van der Waals surface area contributed by atoms with Gasteiger partial charge in [0.25, 0.3) is 0 Å². The molecule has 3 heterocycles. The van der Waals surface area contributed by atoms with Crippen molar-refractivity contribution < 1.29 is 9.21 Å². The van der Waals surface area contributed by atoms with E-state index in [2.05, 4.69) is 15.3 Å². The highest BCUT2D eigenvalue weighted by Crippen LogP contribution is 2.30. The summed E-state index contributed by atoms with van der Waals surface area (Å²) in [5.74, 6) is 0.770. The Labute approximate surface area is 129 Å². The molecule has 22 heavy (non-hydrogen) atoms. The summed E-state index contributed by atoms with van der Waals surface area (Å²) >= 11 is 0. The van der Waals surface area contributed by atoms with Crippen molar-refractivity contribution in [3.05, 3.63) is 42.1 Å². The van der Waals surface area contributed by atoms with E-state index in [0.717, 1.165) is 24.5 Å². The van der Waals surface area contributed by atoms with Crippen LogP contribution in [0, 0.1) is 0 Å². The second-order valence-electron chi connectivity index (χ2n) is 6.09. The van der Waals surface area contributed by atoms with E-state index in [-0.39, 0.29) is 11.9 Å². The lowest BCUT2D eigenvalue weighted by molar-refractivity contribution is -0.126. The molecule has 2 aromatic rings. The number of rotatable bonds is 4. The number of amides is 1. The molecule has 1 fully saturated rings. The zero-order chi connectivity index (χ0) is 14.9. The summed E-state index contributed by atoms with van der Waals surface area (Å²) in [5.41, 5.74) is 1.12. The zero-order valence-electron chi connectivity index (χ0n) is 12.4. The molecule has 1 aliphatic heterocycles. The van der Waals surface area contributed by atoms with E-state index >= 15 is 0 Å². The van der Waals surface area contributed by atoms with E-state index in [9.17, 15) is 4.79 Å². The number of carbonyl (C=O) groups is 1. The van der Waals surface area contributed by atoms with Gasteiger partial charge in [0, 0.05) is 25.3 Å². The molecule has 6 nitrogen and oxygen atoms in total. The Morgan fingerprint density at radius 2 is 2.32 bits per heavy atom. The van der Waals surface area contributed by atoms with E-state index in [4.69, 9.17) is 4.42 Å². The number of hydrogen-bond donors (Lipinski definition) is 1. The van der Waals surface area contributed by atoms with Crippen LogP contribution in [0.1, 0.15) is 36.8 Å². The highest BCUT2D eigenvalue weighted by molar-refractivity contribution is 5.80. The molecule has 2 aliphatic rings. The van der Waals surface area contributed by atoms with E-state index in [1.807, 2.05) is 22.9 Å². The van der Waals surface area contributed by atoms with Gasteiger partial charge in [0.05, 0.1) is 18.5 Å². The van der Waals surface area contributed by atoms with E-state index in [0.29, 0.717) is 12.6 Å². The lowest BCUT2D eigenvalue weighted by atomic mass is 9.90. The van der Waals surface area contributed by atoms with Gasteiger partial charge in [-0.15, -0.1) is 0 Å². The quantitative estimate of drug-likeness (QED) is 0.933. The first kappa shape index (κ1) is 13.6. The maximum Gasteiger partial charge on any atom is 0.246 e. The molecule has 1 amide bonds. The average molecular weight is 300 g/mol. The van der Waals surface area contributed by atoms with Crippen molar-refractivity contribution >= 4 is 5.91 Å².